The van der Waals surface area contributed by atoms with Gasteiger partial charge in [-0.3, -0.25) is 9.69 Å². The predicted octanol–water partition coefficient (Wildman–Crippen LogP) is 2.64. The van der Waals surface area contributed by atoms with Gasteiger partial charge in [0.25, 0.3) is 0 Å². The van der Waals surface area contributed by atoms with E-state index < -0.39 is 0 Å². The van der Waals surface area contributed by atoms with Crippen LogP contribution in [0.1, 0.15) is 58.4 Å². The molecule has 0 saturated carbocycles. The molecule has 0 aliphatic carbocycles. The van der Waals surface area contributed by atoms with E-state index in [1.165, 1.54) is 13.0 Å². The number of aromatic nitrogens is 2. The first-order valence-corrected chi connectivity index (χ1v) is 10.4. The van der Waals surface area contributed by atoms with Crippen molar-refractivity contribution in [2.75, 3.05) is 36.8 Å². The van der Waals surface area contributed by atoms with Crippen LogP contribution >= 0.6 is 0 Å². The van der Waals surface area contributed by atoms with Crippen molar-refractivity contribution in [1.82, 2.24) is 14.9 Å². The fraction of sp³-hybridized carbons (Fsp3) is 0.750. The van der Waals surface area contributed by atoms with E-state index in [1.54, 1.807) is 0 Å². The molecule has 7 nitrogen and oxygen atoms in total. The number of nitrogen functional groups attached to an aromatic ring is 1. The van der Waals surface area contributed by atoms with Crippen molar-refractivity contribution in [2.45, 2.75) is 65.4 Å². The van der Waals surface area contributed by atoms with Crippen LogP contribution in [-0.4, -0.2) is 53.1 Å². The van der Waals surface area contributed by atoms with E-state index in [-0.39, 0.29) is 18.0 Å². The number of piperidine rings is 1. The quantitative estimate of drug-likeness (QED) is 0.752. The summed E-state index contributed by atoms with van der Waals surface area (Å²) in [5.74, 6) is 1.60. The normalized spacial score (nSPS) is 19.4. The number of amides is 1. The molecule has 0 spiro atoms. The number of hydrogen-bond donors (Lipinski definition) is 1. The van der Waals surface area contributed by atoms with Crippen LogP contribution in [0.5, 0.6) is 6.01 Å². The van der Waals surface area contributed by atoms with Gasteiger partial charge in [-0.25, -0.2) is 0 Å². The first kappa shape index (κ1) is 19.9. The van der Waals surface area contributed by atoms with Crippen molar-refractivity contribution in [3.63, 3.8) is 0 Å². The van der Waals surface area contributed by atoms with Crippen LogP contribution < -0.4 is 15.4 Å². The molecule has 2 aliphatic heterocycles. The van der Waals surface area contributed by atoms with Crippen LogP contribution in [0.3, 0.4) is 0 Å². The van der Waals surface area contributed by atoms with Gasteiger partial charge in [0, 0.05) is 12.1 Å². The third-order valence-electron chi connectivity index (χ3n) is 5.57. The van der Waals surface area contributed by atoms with E-state index in [4.69, 9.17) is 10.5 Å². The smallest absolute Gasteiger partial charge is 0.320 e. The Kier molecular flexibility index (Phi) is 6.52. The first-order chi connectivity index (χ1) is 13.0. The van der Waals surface area contributed by atoms with Gasteiger partial charge in [0.2, 0.25) is 5.91 Å². The van der Waals surface area contributed by atoms with Crippen LogP contribution in [-0.2, 0) is 11.2 Å². The van der Waals surface area contributed by atoms with E-state index in [1.807, 2.05) is 11.8 Å². The molecule has 7 heteroatoms. The number of anilines is 2. The molecule has 0 bridgehead atoms. The highest BCUT2D eigenvalue weighted by molar-refractivity contribution is 6.01. The predicted molar refractivity (Wildman–Crippen MR) is 107 cm³/mol. The molecule has 0 aromatic carbocycles. The Morgan fingerprint density at radius 2 is 1.96 bits per heavy atom. The largest absolute Gasteiger partial charge is 0.460 e. The summed E-state index contributed by atoms with van der Waals surface area (Å²) in [6, 6.07) is 0.282. The number of fused-ring (bicyclic) bond motifs is 1. The lowest BCUT2D eigenvalue weighted by Gasteiger charge is -2.33. The molecule has 150 valence electrons. The molecule has 1 fully saturated rings. The third kappa shape index (κ3) is 4.69. The van der Waals surface area contributed by atoms with Crippen molar-refractivity contribution >= 4 is 17.5 Å². The number of hydrogen-bond acceptors (Lipinski definition) is 6. The van der Waals surface area contributed by atoms with E-state index in [2.05, 4.69) is 28.7 Å². The fourth-order valence-corrected chi connectivity index (χ4v) is 4.08. The summed E-state index contributed by atoms with van der Waals surface area (Å²) in [6.45, 7) is 10.4. The summed E-state index contributed by atoms with van der Waals surface area (Å²) in [6.07, 6.45) is 5.72. The molecule has 1 saturated heterocycles. The van der Waals surface area contributed by atoms with Gasteiger partial charge in [-0.2, -0.15) is 9.97 Å². The Balaban J connectivity index is 1.70. The monoisotopic (exact) mass is 375 g/mol. The van der Waals surface area contributed by atoms with E-state index in [9.17, 15) is 4.79 Å². The van der Waals surface area contributed by atoms with Gasteiger partial charge < -0.3 is 15.4 Å². The Hall–Kier alpha value is -1.89. The Morgan fingerprint density at radius 1 is 1.22 bits per heavy atom. The molecule has 2 aliphatic rings. The zero-order valence-electron chi connectivity index (χ0n) is 16.9. The summed E-state index contributed by atoms with van der Waals surface area (Å²) < 4.78 is 5.83. The van der Waals surface area contributed by atoms with Gasteiger partial charge in [-0.1, -0.05) is 20.3 Å². The van der Waals surface area contributed by atoms with Gasteiger partial charge in [0.15, 0.2) is 0 Å². The van der Waals surface area contributed by atoms with Crippen LogP contribution in [0, 0.1) is 5.92 Å². The summed E-state index contributed by atoms with van der Waals surface area (Å²) >= 11 is 0. The summed E-state index contributed by atoms with van der Waals surface area (Å²) in [4.78, 5) is 25.8. The summed E-state index contributed by atoms with van der Waals surface area (Å²) in [5, 5.41) is 0. The highest BCUT2D eigenvalue weighted by Crippen LogP contribution is 2.34. The summed E-state index contributed by atoms with van der Waals surface area (Å²) in [5.41, 5.74) is 6.86. The average molecular weight is 376 g/mol. The molecule has 3 heterocycles. The SMILES string of the molecule is CCC[C@H](C)Oc1nc(N)c2c(n1)N(CC1CCN(CCC)CC1)C(=O)C2. The van der Waals surface area contributed by atoms with Gasteiger partial charge in [-0.05, 0) is 58.2 Å². The molecule has 0 radical (unpaired) electrons. The topological polar surface area (TPSA) is 84.6 Å². The van der Waals surface area contributed by atoms with Crippen molar-refractivity contribution in [2.24, 2.45) is 5.92 Å². The van der Waals surface area contributed by atoms with E-state index in [0.717, 1.165) is 44.3 Å². The zero-order chi connectivity index (χ0) is 19.4. The number of likely N-dealkylation sites (tertiary alicyclic amines) is 1. The molecule has 1 atom stereocenters. The highest BCUT2D eigenvalue weighted by Gasteiger charge is 2.34. The minimum absolute atomic E-state index is 0.0286. The lowest BCUT2D eigenvalue weighted by atomic mass is 9.96. The van der Waals surface area contributed by atoms with Crippen LogP contribution in [0.2, 0.25) is 0 Å². The van der Waals surface area contributed by atoms with Crippen LogP contribution in [0.25, 0.3) is 0 Å². The average Bonchev–Trinajstić information content (AvgIpc) is 2.94. The van der Waals surface area contributed by atoms with Crippen molar-refractivity contribution < 1.29 is 9.53 Å². The zero-order valence-corrected chi connectivity index (χ0v) is 16.9. The Labute approximate surface area is 162 Å². The number of nitrogens with zero attached hydrogens (tertiary/aromatic N) is 4. The van der Waals surface area contributed by atoms with Crippen molar-refractivity contribution in [3.8, 4) is 6.01 Å². The molecule has 0 unspecified atom stereocenters. The third-order valence-corrected chi connectivity index (χ3v) is 5.57. The lowest BCUT2D eigenvalue weighted by Crippen LogP contribution is -2.40. The molecule has 1 aromatic rings. The van der Waals surface area contributed by atoms with Crippen molar-refractivity contribution in [1.29, 1.82) is 0 Å². The second kappa shape index (κ2) is 8.87. The lowest BCUT2D eigenvalue weighted by molar-refractivity contribution is -0.117. The van der Waals surface area contributed by atoms with E-state index >= 15 is 0 Å². The number of rotatable bonds is 8. The van der Waals surface area contributed by atoms with Crippen LogP contribution in [0.4, 0.5) is 11.6 Å². The number of carbonyl (C=O) groups is 1. The van der Waals surface area contributed by atoms with Gasteiger partial charge >= 0.3 is 6.01 Å². The summed E-state index contributed by atoms with van der Waals surface area (Å²) in [7, 11) is 0. The van der Waals surface area contributed by atoms with Gasteiger partial charge in [-0.15, -0.1) is 0 Å². The molecule has 2 N–H and O–H groups in total. The molecular formula is C20H33N5O2. The van der Waals surface area contributed by atoms with Crippen molar-refractivity contribution in [3.05, 3.63) is 5.56 Å². The highest BCUT2D eigenvalue weighted by atomic mass is 16.5. The first-order valence-electron chi connectivity index (χ1n) is 10.4. The molecule has 1 amide bonds. The molecule has 27 heavy (non-hydrogen) atoms. The minimum atomic E-state index is 0.0286. The second-order valence-electron chi connectivity index (χ2n) is 7.88. The maximum atomic E-state index is 12.6. The second-order valence-corrected chi connectivity index (χ2v) is 7.88. The Bertz CT molecular complexity index is 658. The molecule has 3 rings (SSSR count). The number of nitrogens with two attached hydrogens (primary N) is 1. The maximum Gasteiger partial charge on any atom is 0.320 e. The number of carbonyl (C=O) groups excluding carboxylic acids is 1. The van der Waals surface area contributed by atoms with Crippen LogP contribution in [0.15, 0.2) is 0 Å². The number of ether oxygens (including phenoxy) is 1. The Morgan fingerprint density at radius 3 is 2.63 bits per heavy atom. The van der Waals surface area contributed by atoms with E-state index in [0.29, 0.717) is 30.5 Å². The minimum Gasteiger partial charge on any atom is -0.460 e. The maximum absolute atomic E-state index is 12.6. The molecular weight excluding hydrogens is 342 g/mol. The fourth-order valence-electron chi connectivity index (χ4n) is 4.08. The molecule has 1 aromatic heterocycles. The van der Waals surface area contributed by atoms with Gasteiger partial charge in [0.1, 0.15) is 11.6 Å². The standard InChI is InChI=1S/C20H33N5O2/c1-4-6-14(3)27-20-22-18(21)16-12-17(26)25(19(16)23-20)13-15-7-10-24(9-5-2)11-8-15/h14-15H,4-13H2,1-3H3,(H2,21,22,23)/t14-/m0/s1. The van der Waals surface area contributed by atoms with Gasteiger partial charge in [0.05, 0.1) is 12.5 Å².